The normalized spacial score (nSPS) is 22.8. The maximum absolute atomic E-state index is 12.9. The molecule has 274 valence electrons. The number of imidazole rings is 1. The Labute approximate surface area is 283 Å². The average molecular weight is 715 g/mol. The molecule has 5 aliphatic rings. The van der Waals surface area contributed by atoms with Crippen molar-refractivity contribution in [1.29, 1.82) is 0 Å². The van der Waals surface area contributed by atoms with Crippen molar-refractivity contribution in [3.63, 3.8) is 0 Å². The predicted octanol–water partition coefficient (Wildman–Crippen LogP) is 5.26. The molecule has 0 bridgehead atoms. The molecule has 4 N–H and O–H groups in total. The minimum absolute atomic E-state index is 0.118. The van der Waals surface area contributed by atoms with Crippen molar-refractivity contribution in [2.24, 2.45) is 11.7 Å². The summed E-state index contributed by atoms with van der Waals surface area (Å²) < 4.78 is 81.3. The van der Waals surface area contributed by atoms with Gasteiger partial charge in [-0.3, -0.25) is 14.4 Å². The summed E-state index contributed by atoms with van der Waals surface area (Å²) in [6, 6.07) is -0.155. The number of nitrogens with two attached hydrogens (primary N) is 1. The molecule has 1 aliphatic heterocycles. The third kappa shape index (κ3) is 10.6. The second kappa shape index (κ2) is 15.3. The number of hydrogen-bond acceptors (Lipinski definition) is 8. The lowest BCUT2D eigenvalue weighted by molar-refractivity contribution is -0.154. The van der Waals surface area contributed by atoms with E-state index < -0.39 is 47.4 Å². The monoisotopic (exact) mass is 714 g/mol. The summed E-state index contributed by atoms with van der Waals surface area (Å²) in [5.74, 6) is -4.73. The minimum Gasteiger partial charge on any atom is -0.367 e. The number of hydrogen-bond donors (Lipinski definition) is 3. The quantitative estimate of drug-likeness (QED) is 0.279. The highest BCUT2D eigenvalue weighted by atomic mass is 19.4. The maximum atomic E-state index is 12.9. The fourth-order valence-electron chi connectivity index (χ4n) is 5.24. The van der Waals surface area contributed by atoms with Gasteiger partial charge >= 0.3 is 6.18 Å². The number of carbonyl (C=O) groups excluding carboxylic acids is 3. The van der Waals surface area contributed by atoms with Crippen LogP contribution in [0.25, 0.3) is 5.65 Å². The Morgan fingerprint density at radius 3 is 2.18 bits per heavy atom. The SMILES string of the molecule is C1CC1.FC1(F)CCCCC1.NC(=O)C1(F)CC1.O=C(NCc1cn2ncc(CC3CC(C(F)(F)F)NC3=O)cc2n1)c1nonc1C1CC1. The molecule has 3 aromatic heterocycles. The van der Waals surface area contributed by atoms with E-state index in [1.54, 1.807) is 12.3 Å². The van der Waals surface area contributed by atoms with Gasteiger partial charge in [-0.1, -0.05) is 30.8 Å². The lowest BCUT2D eigenvalue weighted by atomic mass is 9.97. The number of fused-ring (bicyclic) bond motifs is 1. The van der Waals surface area contributed by atoms with E-state index in [0.717, 1.165) is 19.3 Å². The second-order valence-electron chi connectivity index (χ2n) is 13.4. The summed E-state index contributed by atoms with van der Waals surface area (Å²) in [5, 5.41) is 16.4. The molecule has 2 atom stereocenters. The van der Waals surface area contributed by atoms with Gasteiger partial charge in [-0.2, -0.15) is 18.3 Å². The van der Waals surface area contributed by atoms with Gasteiger partial charge < -0.3 is 16.4 Å². The lowest BCUT2D eigenvalue weighted by Crippen LogP contribution is -2.38. The van der Waals surface area contributed by atoms with Gasteiger partial charge in [0.1, 0.15) is 11.7 Å². The molecule has 0 aromatic carbocycles. The van der Waals surface area contributed by atoms with Crippen LogP contribution < -0.4 is 16.4 Å². The summed E-state index contributed by atoms with van der Waals surface area (Å²) in [7, 11) is 0. The zero-order chi connectivity index (χ0) is 36.1. The minimum atomic E-state index is -4.46. The van der Waals surface area contributed by atoms with E-state index >= 15 is 0 Å². The molecule has 4 heterocycles. The fourth-order valence-corrected chi connectivity index (χ4v) is 5.24. The van der Waals surface area contributed by atoms with Gasteiger partial charge in [-0.25, -0.2) is 27.3 Å². The van der Waals surface area contributed by atoms with Crippen LogP contribution in [-0.4, -0.2) is 66.4 Å². The van der Waals surface area contributed by atoms with Gasteiger partial charge in [-0.05, 0) is 68.2 Å². The zero-order valence-electron chi connectivity index (χ0n) is 27.3. The molecule has 2 unspecified atom stereocenters. The molecule has 0 radical (unpaired) electrons. The van der Waals surface area contributed by atoms with Gasteiger partial charge in [-0.15, -0.1) is 0 Å². The molecular formula is C32H40F6N8O4. The number of halogens is 6. The van der Waals surface area contributed by atoms with Crippen LogP contribution in [0.1, 0.15) is 117 Å². The molecule has 4 aliphatic carbocycles. The van der Waals surface area contributed by atoms with Crippen LogP contribution in [0.3, 0.4) is 0 Å². The third-order valence-corrected chi connectivity index (χ3v) is 8.70. The van der Waals surface area contributed by atoms with Crippen molar-refractivity contribution in [3.8, 4) is 0 Å². The topological polar surface area (TPSA) is 170 Å². The van der Waals surface area contributed by atoms with E-state index in [1.165, 1.54) is 30.0 Å². The van der Waals surface area contributed by atoms with Crippen LogP contribution >= 0.6 is 0 Å². The lowest BCUT2D eigenvalue weighted by Gasteiger charge is -2.20. The molecule has 18 heteroatoms. The van der Waals surface area contributed by atoms with Crippen LogP contribution in [0.4, 0.5) is 26.3 Å². The first-order valence-corrected chi connectivity index (χ1v) is 16.8. The first-order chi connectivity index (χ1) is 23.6. The Bertz CT molecular complexity index is 1640. The van der Waals surface area contributed by atoms with Gasteiger partial charge in [0.25, 0.3) is 11.8 Å². The van der Waals surface area contributed by atoms with E-state index in [-0.39, 0.29) is 43.8 Å². The van der Waals surface area contributed by atoms with Crippen LogP contribution in [0.2, 0.25) is 0 Å². The first kappa shape index (κ1) is 37.0. The molecule has 5 fully saturated rings. The number of rotatable bonds is 7. The molecule has 1 saturated heterocycles. The Hall–Kier alpha value is -4.25. The maximum Gasteiger partial charge on any atom is 0.408 e. The summed E-state index contributed by atoms with van der Waals surface area (Å²) in [6.07, 6.45) is 8.20. The standard InChI is InChI=1S/C19H18F3N7O3.C6H10F2.C4H6FNO.C3H6/c20-19(21,22)13-5-11(17(30)26-13)3-9-4-14-25-12(8-29(14)24-6-9)7-23-18(31)16-15(10-1-2-10)27-32-28-16;7-6(8)4-2-1-3-5-6;5-4(1-2-4)3(6)7;1-2-3-1/h4,6,8,10-11,13H,1-3,5,7H2,(H,23,31)(H,26,30);1-5H2;1-2H2,(H2,6,7);1-3H2. The van der Waals surface area contributed by atoms with Crippen LogP contribution in [0.15, 0.2) is 23.1 Å². The molecule has 0 spiro atoms. The number of amides is 3. The second-order valence-corrected chi connectivity index (χ2v) is 13.4. The van der Waals surface area contributed by atoms with Gasteiger partial charge in [0.05, 0.1) is 24.6 Å². The van der Waals surface area contributed by atoms with Crippen molar-refractivity contribution in [3.05, 3.63) is 41.1 Å². The van der Waals surface area contributed by atoms with Gasteiger partial charge in [0, 0.05) is 24.7 Å². The molecule has 12 nitrogen and oxygen atoms in total. The fraction of sp³-hybridized carbons (Fsp3) is 0.656. The largest absolute Gasteiger partial charge is 0.408 e. The van der Waals surface area contributed by atoms with E-state index in [0.29, 0.717) is 48.3 Å². The Morgan fingerprint density at radius 2 is 1.68 bits per heavy atom. The van der Waals surface area contributed by atoms with E-state index in [4.69, 9.17) is 0 Å². The van der Waals surface area contributed by atoms with Crippen LogP contribution in [0.5, 0.6) is 0 Å². The number of alkyl halides is 6. The van der Waals surface area contributed by atoms with Gasteiger partial charge in [0.15, 0.2) is 17.0 Å². The molecule has 3 amide bonds. The Morgan fingerprint density at radius 1 is 1.02 bits per heavy atom. The Balaban J connectivity index is 0.000000218. The summed E-state index contributed by atoms with van der Waals surface area (Å²) in [6.45, 7) is 0.118. The number of carbonyl (C=O) groups is 3. The van der Waals surface area contributed by atoms with Crippen LogP contribution in [-0.2, 0) is 22.6 Å². The number of nitrogens with zero attached hydrogens (tertiary/aromatic N) is 5. The zero-order valence-corrected chi connectivity index (χ0v) is 27.3. The molecule has 50 heavy (non-hydrogen) atoms. The number of nitrogens with one attached hydrogen (secondary N) is 2. The van der Waals surface area contributed by atoms with E-state index in [9.17, 15) is 40.7 Å². The highest BCUT2D eigenvalue weighted by molar-refractivity contribution is 5.93. The smallest absolute Gasteiger partial charge is 0.367 e. The molecule has 4 saturated carbocycles. The molecular weight excluding hydrogens is 674 g/mol. The van der Waals surface area contributed by atoms with Gasteiger partial charge in [0.2, 0.25) is 11.8 Å². The number of primary amides is 1. The molecule has 3 aromatic rings. The Kier molecular flexibility index (Phi) is 11.3. The predicted molar refractivity (Wildman–Crippen MR) is 164 cm³/mol. The number of aromatic nitrogens is 5. The van der Waals surface area contributed by atoms with E-state index in [2.05, 4.69) is 36.1 Å². The summed E-state index contributed by atoms with van der Waals surface area (Å²) >= 11 is 0. The van der Waals surface area contributed by atoms with Crippen molar-refractivity contribution < 1.29 is 45.4 Å². The van der Waals surface area contributed by atoms with Crippen molar-refractivity contribution >= 4 is 23.4 Å². The molecule has 8 rings (SSSR count). The van der Waals surface area contributed by atoms with Crippen molar-refractivity contribution in [2.75, 3.05) is 0 Å². The highest BCUT2D eigenvalue weighted by Crippen LogP contribution is 2.40. The van der Waals surface area contributed by atoms with Crippen LogP contribution in [0, 0.1) is 5.92 Å². The summed E-state index contributed by atoms with van der Waals surface area (Å²) in [4.78, 5) is 38.6. The van der Waals surface area contributed by atoms with Crippen molar-refractivity contribution in [2.45, 2.75) is 126 Å². The first-order valence-electron chi connectivity index (χ1n) is 16.8. The highest BCUT2D eigenvalue weighted by Gasteiger charge is 2.49. The average Bonchev–Trinajstić information content (AvgIpc) is 4.01. The van der Waals surface area contributed by atoms with E-state index in [1.807, 2.05) is 5.32 Å². The summed E-state index contributed by atoms with van der Waals surface area (Å²) in [5.41, 5.74) is 5.33. The van der Waals surface area contributed by atoms with Crippen molar-refractivity contribution in [1.82, 2.24) is 35.5 Å². The third-order valence-electron chi connectivity index (χ3n) is 8.70.